The molecule has 1 rings (SSSR count). The largest absolute Gasteiger partial charge is 0.396 e. The van der Waals surface area contributed by atoms with Crippen molar-refractivity contribution >= 4 is 11.6 Å². The van der Waals surface area contributed by atoms with Crippen molar-refractivity contribution in [2.75, 3.05) is 31.9 Å². The fraction of sp³-hybridized carbons (Fsp3) is 0.714. The van der Waals surface area contributed by atoms with Crippen molar-refractivity contribution in [3.05, 3.63) is 11.4 Å². The van der Waals surface area contributed by atoms with E-state index in [1.54, 1.807) is 4.68 Å². The summed E-state index contributed by atoms with van der Waals surface area (Å²) in [4.78, 5) is 14.2. The highest BCUT2D eigenvalue weighted by Gasteiger charge is 2.11. The van der Waals surface area contributed by atoms with Crippen molar-refractivity contribution in [3.8, 4) is 0 Å². The first-order valence-electron chi connectivity index (χ1n) is 7.28. The number of rotatable bonds is 8. The number of aromatic nitrogens is 2. The van der Waals surface area contributed by atoms with E-state index in [9.17, 15) is 4.79 Å². The summed E-state index contributed by atoms with van der Waals surface area (Å²) in [6.45, 7) is 11.9. The Morgan fingerprint density at radius 1 is 1.35 bits per heavy atom. The lowest BCUT2D eigenvalue weighted by Gasteiger charge is -2.19. The zero-order valence-electron chi connectivity index (χ0n) is 13.1. The molecule has 20 heavy (non-hydrogen) atoms. The first kappa shape index (κ1) is 16.5. The predicted octanol–water partition coefficient (Wildman–Crippen LogP) is 0.930. The van der Waals surface area contributed by atoms with E-state index < -0.39 is 0 Å². The van der Waals surface area contributed by atoms with E-state index in [2.05, 4.69) is 29.2 Å². The second-order valence-corrected chi connectivity index (χ2v) is 5.03. The van der Waals surface area contributed by atoms with Crippen LogP contribution in [0.25, 0.3) is 0 Å². The molecule has 1 heterocycles. The number of nitrogens with zero attached hydrogens (tertiary/aromatic N) is 3. The molecule has 1 aromatic heterocycles. The summed E-state index contributed by atoms with van der Waals surface area (Å²) in [7, 11) is 0. The Morgan fingerprint density at radius 3 is 2.55 bits per heavy atom. The van der Waals surface area contributed by atoms with Gasteiger partial charge in [-0.2, -0.15) is 5.10 Å². The lowest BCUT2D eigenvalue weighted by atomic mass is 10.3. The predicted molar refractivity (Wildman–Crippen MR) is 81.5 cm³/mol. The number of carbonyl (C=O) groups is 1. The van der Waals surface area contributed by atoms with Crippen LogP contribution in [-0.4, -0.2) is 46.8 Å². The van der Waals surface area contributed by atoms with E-state index in [1.165, 1.54) is 0 Å². The normalized spacial score (nSPS) is 11.1. The van der Waals surface area contributed by atoms with Gasteiger partial charge < -0.3 is 16.0 Å². The van der Waals surface area contributed by atoms with E-state index in [-0.39, 0.29) is 12.5 Å². The van der Waals surface area contributed by atoms with Gasteiger partial charge in [0, 0.05) is 13.1 Å². The summed E-state index contributed by atoms with van der Waals surface area (Å²) in [5.41, 5.74) is 8.13. The van der Waals surface area contributed by atoms with E-state index in [1.807, 2.05) is 13.8 Å². The molecular weight excluding hydrogens is 254 g/mol. The van der Waals surface area contributed by atoms with Gasteiger partial charge in [0.15, 0.2) is 0 Å². The highest BCUT2D eigenvalue weighted by Crippen LogP contribution is 2.14. The minimum Gasteiger partial charge on any atom is -0.396 e. The fourth-order valence-corrected chi connectivity index (χ4v) is 2.15. The van der Waals surface area contributed by atoms with Crippen LogP contribution < -0.4 is 11.1 Å². The summed E-state index contributed by atoms with van der Waals surface area (Å²) in [5, 5.41) is 7.19. The van der Waals surface area contributed by atoms with Crippen LogP contribution in [0.2, 0.25) is 0 Å². The van der Waals surface area contributed by atoms with Gasteiger partial charge in [0.05, 0.1) is 17.1 Å². The maximum absolute atomic E-state index is 11.9. The summed E-state index contributed by atoms with van der Waals surface area (Å²) >= 11 is 0. The molecule has 0 unspecified atom stereocenters. The number of nitrogens with one attached hydrogen (secondary N) is 1. The average Bonchev–Trinajstić information content (AvgIpc) is 2.65. The third kappa shape index (κ3) is 4.52. The van der Waals surface area contributed by atoms with E-state index in [0.29, 0.717) is 12.2 Å². The minimum atomic E-state index is -0.0249. The van der Waals surface area contributed by atoms with Crippen molar-refractivity contribution in [2.24, 2.45) is 0 Å². The monoisotopic (exact) mass is 281 g/mol. The number of nitrogens with two attached hydrogens (primary N) is 1. The zero-order valence-corrected chi connectivity index (χ0v) is 13.1. The molecule has 0 radical (unpaired) electrons. The topological polar surface area (TPSA) is 76.2 Å². The van der Waals surface area contributed by atoms with Crippen molar-refractivity contribution in [1.82, 2.24) is 20.0 Å². The summed E-state index contributed by atoms with van der Waals surface area (Å²) in [5.74, 6) is -0.0249. The van der Waals surface area contributed by atoms with Gasteiger partial charge in [-0.3, -0.25) is 9.48 Å². The average molecular weight is 281 g/mol. The molecule has 6 heteroatoms. The highest BCUT2D eigenvalue weighted by atomic mass is 16.2. The van der Waals surface area contributed by atoms with Gasteiger partial charge in [-0.1, -0.05) is 13.8 Å². The van der Waals surface area contributed by atoms with Crippen LogP contribution in [0.5, 0.6) is 0 Å². The number of nitrogen functional groups attached to an aromatic ring is 1. The maximum Gasteiger partial charge on any atom is 0.241 e. The lowest BCUT2D eigenvalue weighted by Crippen LogP contribution is -2.36. The summed E-state index contributed by atoms with van der Waals surface area (Å²) in [6, 6.07) is 0. The molecule has 1 amide bonds. The lowest BCUT2D eigenvalue weighted by molar-refractivity contribution is -0.121. The molecule has 6 nitrogen and oxygen atoms in total. The Bertz CT molecular complexity index is 441. The number of anilines is 1. The molecule has 0 aliphatic heterocycles. The Hall–Kier alpha value is -1.56. The first-order chi connectivity index (χ1) is 9.49. The second-order valence-electron chi connectivity index (χ2n) is 5.03. The van der Waals surface area contributed by atoms with Crippen LogP contribution >= 0.6 is 0 Å². The molecule has 0 atom stereocenters. The van der Waals surface area contributed by atoms with E-state index >= 15 is 0 Å². The van der Waals surface area contributed by atoms with Crippen molar-refractivity contribution in [2.45, 2.75) is 40.7 Å². The number of likely N-dealkylation sites (N-methyl/N-ethyl adjacent to an activating group) is 1. The molecule has 0 spiro atoms. The Balaban J connectivity index is 2.38. The number of hydrogen-bond donors (Lipinski definition) is 2. The van der Waals surface area contributed by atoms with Crippen LogP contribution in [0, 0.1) is 13.8 Å². The molecular formula is C14H27N5O. The standard InChI is InChI=1S/C14H27N5O/c1-5-8-18(6-2)9-7-16-13(20)10-19-12(4)14(15)11(3)17-19/h5-10,15H2,1-4H3,(H,16,20). The van der Waals surface area contributed by atoms with Gasteiger partial charge in [-0.25, -0.2) is 0 Å². The number of carbonyl (C=O) groups excluding carboxylic acids is 1. The van der Waals surface area contributed by atoms with Gasteiger partial charge >= 0.3 is 0 Å². The highest BCUT2D eigenvalue weighted by molar-refractivity contribution is 5.75. The molecule has 0 aliphatic carbocycles. The van der Waals surface area contributed by atoms with Gasteiger partial charge in [-0.05, 0) is 33.4 Å². The van der Waals surface area contributed by atoms with E-state index in [4.69, 9.17) is 5.73 Å². The van der Waals surface area contributed by atoms with Crippen molar-refractivity contribution < 1.29 is 4.79 Å². The Kier molecular flexibility index (Phi) is 6.51. The minimum absolute atomic E-state index is 0.0249. The van der Waals surface area contributed by atoms with Gasteiger partial charge in [0.1, 0.15) is 6.54 Å². The fourth-order valence-electron chi connectivity index (χ4n) is 2.15. The molecule has 0 bridgehead atoms. The maximum atomic E-state index is 11.9. The Morgan fingerprint density at radius 2 is 2.05 bits per heavy atom. The summed E-state index contributed by atoms with van der Waals surface area (Å²) in [6.07, 6.45) is 1.13. The number of aryl methyl sites for hydroxylation is 1. The first-order valence-corrected chi connectivity index (χ1v) is 7.28. The quantitative estimate of drug-likeness (QED) is 0.743. The van der Waals surface area contributed by atoms with Crippen LogP contribution in [0.4, 0.5) is 5.69 Å². The number of amides is 1. The third-order valence-corrected chi connectivity index (χ3v) is 3.47. The molecule has 0 aromatic carbocycles. The SMILES string of the molecule is CCCN(CC)CCNC(=O)Cn1nc(C)c(N)c1C. The Labute approximate surface area is 121 Å². The van der Waals surface area contributed by atoms with Crippen LogP contribution in [-0.2, 0) is 11.3 Å². The van der Waals surface area contributed by atoms with Gasteiger partial charge in [0.25, 0.3) is 0 Å². The summed E-state index contributed by atoms with van der Waals surface area (Å²) < 4.78 is 1.66. The van der Waals surface area contributed by atoms with Crippen molar-refractivity contribution in [1.29, 1.82) is 0 Å². The second kappa shape index (κ2) is 7.89. The zero-order chi connectivity index (χ0) is 15.1. The molecule has 1 aromatic rings. The molecule has 114 valence electrons. The molecule has 3 N–H and O–H groups in total. The molecule has 0 saturated heterocycles. The van der Waals surface area contributed by atoms with Gasteiger partial charge in [0.2, 0.25) is 5.91 Å². The third-order valence-electron chi connectivity index (χ3n) is 3.47. The van der Waals surface area contributed by atoms with E-state index in [0.717, 1.165) is 37.4 Å². The van der Waals surface area contributed by atoms with Crippen LogP contribution in [0.1, 0.15) is 31.7 Å². The van der Waals surface area contributed by atoms with Gasteiger partial charge in [-0.15, -0.1) is 0 Å². The van der Waals surface area contributed by atoms with Crippen molar-refractivity contribution in [3.63, 3.8) is 0 Å². The molecule has 0 fully saturated rings. The molecule has 0 aliphatic rings. The number of hydrogen-bond acceptors (Lipinski definition) is 4. The molecule has 0 saturated carbocycles. The smallest absolute Gasteiger partial charge is 0.241 e. The van der Waals surface area contributed by atoms with Crippen LogP contribution in [0.15, 0.2) is 0 Å². The van der Waals surface area contributed by atoms with Crippen LogP contribution in [0.3, 0.4) is 0 Å².